The van der Waals surface area contributed by atoms with E-state index in [1.807, 2.05) is 26.0 Å². The number of nitrogens with one attached hydrogen (secondary N) is 1. The van der Waals surface area contributed by atoms with E-state index in [9.17, 15) is 4.39 Å². The molecule has 0 saturated carbocycles. The fourth-order valence-corrected chi connectivity index (χ4v) is 1.84. The zero-order valence-electron chi connectivity index (χ0n) is 11.4. The minimum Gasteiger partial charge on any atom is -0.460 e. The molecule has 0 saturated heterocycles. The summed E-state index contributed by atoms with van der Waals surface area (Å²) < 4.78 is 18.8. The van der Waals surface area contributed by atoms with Crippen molar-refractivity contribution in [2.75, 3.05) is 6.61 Å². The SMILES string of the molecule is CC(C)(CO)NCc1ccc(-c2ccc(F)c(Cl)c2)o1. The van der Waals surface area contributed by atoms with Crippen molar-refractivity contribution in [2.45, 2.75) is 25.9 Å². The third-order valence-corrected chi connectivity index (χ3v) is 3.29. The highest BCUT2D eigenvalue weighted by molar-refractivity contribution is 6.31. The Morgan fingerprint density at radius 2 is 2.05 bits per heavy atom. The van der Waals surface area contributed by atoms with E-state index in [4.69, 9.17) is 21.1 Å². The summed E-state index contributed by atoms with van der Waals surface area (Å²) in [4.78, 5) is 0. The van der Waals surface area contributed by atoms with Gasteiger partial charge in [0.1, 0.15) is 17.3 Å². The molecule has 1 aromatic carbocycles. The van der Waals surface area contributed by atoms with Crippen molar-refractivity contribution in [3.8, 4) is 11.3 Å². The molecule has 20 heavy (non-hydrogen) atoms. The zero-order valence-corrected chi connectivity index (χ0v) is 12.2. The predicted molar refractivity (Wildman–Crippen MR) is 77.1 cm³/mol. The Hall–Kier alpha value is -1.36. The molecule has 0 radical (unpaired) electrons. The van der Waals surface area contributed by atoms with E-state index in [0.717, 1.165) is 11.3 Å². The van der Waals surface area contributed by atoms with Crippen LogP contribution in [-0.4, -0.2) is 17.3 Å². The van der Waals surface area contributed by atoms with Crippen LogP contribution in [0.3, 0.4) is 0 Å². The van der Waals surface area contributed by atoms with Gasteiger partial charge in [-0.15, -0.1) is 0 Å². The summed E-state index contributed by atoms with van der Waals surface area (Å²) in [6, 6.07) is 8.12. The van der Waals surface area contributed by atoms with Crippen LogP contribution in [0.2, 0.25) is 5.02 Å². The second-order valence-electron chi connectivity index (χ2n) is 5.29. The number of hydrogen-bond donors (Lipinski definition) is 2. The van der Waals surface area contributed by atoms with Crippen molar-refractivity contribution >= 4 is 11.6 Å². The van der Waals surface area contributed by atoms with Gasteiger partial charge in [-0.25, -0.2) is 4.39 Å². The lowest BCUT2D eigenvalue weighted by Gasteiger charge is -2.22. The number of aliphatic hydroxyl groups excluding tert-OH is 1. The average Bonchev–Trinajstić information content (AvgIpc) is 2.89. The second kappa shape index (κ2) is 5.95. The number of benzene rings is 1. The summed E-state index contributed by atoms with van der Waals surface area (Å²) in [5, 5.41) is 12.4. The molecular weight excluding hydrogens is 281 g/mol. The number of hydrogen-bond acceptors (Lipinski definition) is 3. The summed E-state index contributed by atoms with van der Waals surface area (Å²) >= 11 is 5.75. The van der Waals surface area contributed by atoms with E-state index in [-0.39, 0.29) is 17.2 Å². The molecule has 3 nitrogen and oxygen atoms in total. The van der Waals surface area contributed by atoms with Crippen molar-refractivity contribution < 1.29 is 13.9 Å². The molecule has 0 bridgehead atoms. The molecule has 0 aliphatic carbocycles. The molecule has 1 aromatic heterocycles. The maximum absolute atomic E-state index is 13.1. The van der Waals surface area contributed by atoms with Crippen LogP contribution in [0.15, 0.2) is 34.7 Å². The largest absolute Gasteiger partial charge is 0.460 e. The fourth-order valence-electron chi connectivity index (χ4n) is 1.66. The summed E-state index contributed by atoms with van der Waals surface area (Å²) in [7, 11) is 0. The van der Waals surface area contributed by atoms with E-state index in [0.29, 0.717) is 12.3 Å². The van der Waals surface area contributed by atoms with Crippen LogP contribution in [0, 0.1) is 5.82 Å². The number of aliphatic hydroxyl groups is 1. The Bertz CT molecular complexity index is 595. The van der Waals surface area contributed by atoms with Gasteiger partial charge in [0.25, 0.3) is 0 Å². The van der Waals surface area contributed by atoms with E-state index in [1.54, 1.807) is 6.07 Å². The molecule has 5 heteroatoms. The first kappa shape index (κ1) is 15.0. The maximum Gasteiger partial charge on any atom is 0.141 e. The van der Waals surface area contributed by atoms with Crippen molar-refractivity contribution in [2.24, 2.45) is 0 Å². The summed E-state index contributed by atoms with van der Waals surface area (Å²) in [6.45, 7) is 4.34. The molecule has 108 valence electrons. The standard InChI is InChI=1S/C15H17ClFNO2/c1-15(2,9-19)18-8-11-4-6-14(20-11)10-3-5-13(17)12(16)7-10/h3-7,18-19H,8-9H2,1-2H3. The predicted octanol–water partition coefficient (Wildman–Crippen LogP) is 3.60. The Balaban J connectivity index is 2.10. The topological polar surface area (TPSA) is 45.4 Å². The summed E-state index contributed by atoms with van der Waals surface area (Å²) in [5.74, 6) is 0.918. The number of furan rings is 1. The lowest BCUT2D eigenvalue weighted by molar-refractivity contribution is 0.184. The Morgan fingerprint density at radius 1 is 1.30 bits per heavy atom. The van der Waals surface area contributed by atoms with Gasteiger partial charge in [0, 0.05) is 11.1 Å². The molecule has 0 atom stereocenters. The van der Waals surface area contributed by atoms with Gasteiger partial charge in [-0.1, -0.05) is 11.6 Å². The van der Waals surface area contributed by atoms with Gasteiger partial charge >= 0.3 is 0 Å². The lowest BCUT2D eigenvalue weighted by Crippen LogP contribution is -2.41. The van der Waals surface area contributed by atoms with Gasteiger partial charge in [-0.2, -0.15) is 0 Å². The summed E-state index contributed by atoms with van der Waals surface area (Å²) in [5.41, 5.74) is 0.357. The van der Waals surface area contributed by atoms with E-state index in [2.05, 4.69) is 5.32 Å². The van der Waals surface area contributed by atoms with E-state index < -0.39 is 5.82 Å². The fraction of sp³-hybridized carbons (Fsp3) is 0.333. The van der Waals surface area contributed by atoms with Gasteiger partial charge in [-0.3, -0.25) is 0 Å². The van der Waals surface area contributed by atoms with Crippen LogP contribution in [0.5, 0.6) is 0 Å². The van der Waals surface area contributed by atoms with Gasteiger partial charge < -0.3 is 14.8 Å². The van der Waals surface area contributed by atoms with Crippen molar-refractivity contribution in [3.05, 3.63) is 46.9 Å². The third kappa shape index (κ3) is 3.60. The van der Waals surface area contributed by atoms with Crippen molar-refractivity contribution in [1.82, 2.24) is 5.32 Å². The molecule has 0 aliphatic rings. The van der Waals surface area contributed by atoms with Crippen LogP contribution < -0.4 is 5.32 Å². The van der Waals surface area contributed by atoms with Gasteiger partial charge in [0.05, 0.1) is 18.2 Å². The molecule has 2 aromatic rings. The van der Waals surface area contributed by atoms with Crippen LogP contribution in [0.1, 0.15) is 19.6 Å². The molecule has 2 N–H and O–H groups in total. The third-order valence-electron chi connectivity index (χ3n) is 3.00. The summed E-state index contributed by atoms with van der Waals surface area (Å²) in [6.07, 6.45) is 0. The molecule has 2 rings (SSSR count). The molecule has 1 heterocycles. The van der Waals surface area contributed by atoms with Crippen LogP contribution in [-0.2, 0) is 6.54 Å². The molecule has 0 aliphatic heterocycles. The molecule has 0 unspecified atom stereocenters. The lowest BCUT2D eigenvalue weighted by atomic mass is 10.1. The molecule has 0 fully saturated rings. The first-order valence-corrected chi connectivity index (χ1v) is 6.69. The highest BCUT2D eigenvalue weighted by atomic mass is 35.5. The second-order valence-corrected chi connectivity index (χ2v) is 5.70. The minimum absolute atomic E-state index is 0.0358. The Morgan fingerprint density at radius 3 is 2.70 bits per heavy atom. The minimum atomic E-state index is -0.450. The van der Waals surface area contributed by atoms with Gasteiger partial charge in [0.2, 0.25) is 0 Å². The zero-order chi connectivity index (χ0) is 14.8. The molecule has 0 amide bonds. The monoisotopic (exact) mass is 297 g/mol. The van der Waals surface area contributed by atoms with Gasteiger partial charge in [-0.05, 0) is 44.2 Å². The smallest absolute Gasteiger partial charge is 0.141 e. The van der Waals surface area contributed by atoms with Crippen LogP contribution in [0.25, 0.3) is 11.3 Å². The first-order chi connectivity index (χ1) is 9.41. The first-order valence-electron chi connectivity index (χ1n) is 6.31. The molecular formula is C15H17ClFNO2. The Kier molecular flexibility index (Phi) is 4.48. The number of rotatable bonds is 5. The highest BCUT2D eigenvalue weighted by Crippen LogP contribution is 2.26. The quantitative estimate of drug-likeness (QED) is 0.886. The maximum atomic E-state index is 13.1. The van der Waals surface area contributed by atoms with E-state index in [1.165, 1.54) is 12.1 Å². The van der Waals surface area contributed by atoms with Crippen molar-refractivity contribution in [1.29, 1.82) is 0 Å². The van der Waals surface area contributed by atoms with E-state index >= 15 is 0 Å². The number of halogens is 2. The van der Waals surface area contributed by atoms with Crippen LogP contribution >= 0.6 is 11.6 Å². The van der Waals surface area contributed by atoms with Crippen molar-refractivity contribution in [3.63, 3.8) is 0 Å². The van der Waals surface area contributed by atoms with Crippen LogP contribution in [0.4, 0.5) is 4.39 Å². The Labute approximate surface area is 122 Å². The molecule has 0 spiro atoms. The normalized spacial score (nSPS) is 11.8. The van der Waals surface area contributed by atoms with Gasteiger partial charge in [0.15, 0.2) is 0 Å². The average molecular weight is 298 g/mol. The highest BCUT2D eigenvalue weighted by Gasteiger charge is 2.16.